The molecule has 33 nitrogen and oxygen atoms in total. The fourth-order valence-corrected chi connectivity index (χ4v) is 8.63. The first-order valence-corrected chi connectivity index (χ1v) is 30.6. The van der Waals surface area contributed by atoms with Crippen LogP contribution >= 0.6 is 0 Å². The fourth-order valence-electron chi connectivity index (χ4n) is 8.63. The molecule has 2 aromatic carbocycles. The van der Waals surface area contributed by atoms with Crippen LogP contribution < -0.4 is 31.9 Å². The van der Waals surface area contributed by atoms with E-state index in [1.54, 1.807) is 24.3 Å². The number of hydrogen-bond acceptors (Lipinski definition) is 26. The van der Waals surface area contributed by atoms with Gasteiger partial charge >= 0.3 is 11.9 Å². The minimum atomic E-state index is -1.52. The van der Waals surface area contributed by atoms with Gasteiger partial charge in [0.1, 0.15) is 62.9 Å². The molecule has 2 aliphatic heterocycles. The summed E-state index contributed by atoms with van der Waals surface area (Å²) >= 11 is 0. The summed E-state index contributed by atoms with van der Waals surface area (Å²) in [5.74, 6) is -5.50. The van der Waals surface area contributed by atoms with Gasteiger partial charge in [0.2, 0.25) is 41.4 Å². The molecule has 4 rings (SSSR count). The second kappa shape index (κ2) is 45.4. The van der Waals surface area contributed by atoms with E-state index in [4.69, 9.17) is 47.4 Å². The van der Waals surface area contributed by atoms with E-state index in [0.717, 1.165) is 16.0 Å². The summed E-state index contributed by atoms with van der Waals surface area (Å²) in [7, 11) is 0. The average molecular weight is 1330 g/mol. The van der Waals surface area contributed by atoms with E-state index < -0.39 is 147 Å². The van der Waals surface area contributed by atoms with Gasteiger partial charge in [-0.3, -0.25) is 48.1 Å². The predicted molar refractivity (Wildman–Crippen MR) is 322 cm³/mol. The Morgan fingerprint density at radius 3 is 1.06 bits per heavy atom. The number of aliphatic hydroxyl groups is 6. The topological polar surface area (TPSA) is 446 Å². The van der Waals surface area contributed by atoms with Gasteiger partial charge in [0, 0.05) is 52.1 Å². The zero-order valence-electron chi connectivity index (χ0n) is 52.5. The van der Waals surface area contributed by atoms with Gasteiger partial charge in [0.25, 0.3) is 0 Å². The quantitative estimate of drug-likeness (QED) is 0.0217. The monoisotopic (exact) mass is 1320 g/mol. The van der Waals surface area contributed by atoms with E-state index in [1.807, 2.05) is 36.4 Å². The van der Waals surface area contributed by atoms with Crippen LogP contribution in [0.2, 0.25) is 0 Å². The van der Waals surface area contributed by atoms with Crippen molar-refractivity contribution in [3.05, 3.63) is 71.8 Å². The number of carbonyl (C=O) groups is 9. The molecule has 2 heterocycles. The molecule has 12 N–H and O–H groups in total. The number of carbonyl (C=O) groups excluding carboxylic acids is 9. The van der Waals surface area contributed by atoms with E-state index in [2.05, 4.69) is 31.9 Å². The summed E-state index contributed by atoms with van der Waals surface area (Å²) in [5.41, 5.74) is 1.61. The Morgan fingerprint density at radius 1 is 0.387 bits per heavy atom. The van der Waals surface area contributed by atoms with Crippen molar-refractivity contribution in [3.63, 3.8) is 0 Å². The van der Waals surface area contributed by atoms with Gasteiger partial charge in [-0.1, -0.05) is 60.7 Å². The first-order chi connectivity index (χ1) is 44.7. The van der Waals surface area contributed by atoms with Crippen molar-refractivity contribution < 1.29 is 121 Å². The molecule has 0 unspecified atom stereocenters. The van der Waals surface area contributed by atoms with E-state index >= 15 is 0 Å². The first kappa shape index (κ1) is 78.5. The number of benzene rings is 2. The Kier molecular flexibility index (Phi) is 38.3. The van der Waals surface area contributed by atoms with Crippen molar-refractivity contribution >= 4 is 53.3 Å². The SMILES string of the molecule is C[C@@H]1O[C@@H](OCCOCCNC(=O)CN(CC(=O)NCCOCCO[C@@H]2O[C@@H](C)[C@H](O)[C@@H](O)[C@H]2O)C(=O)CN(CC(=O)NCCOCCNC(=O)CCC(=O)OCc2ccccc2)CC(=O)NCCOCCNC(=O)CCC(=O)OCc2ccccc2)[C@H](O)[C@H](O)[C@H]1O. The summed E-state index contributed by atoms with van der Waals surface area (Å²) in [5, 5.41) is 76.0. The highest BCUT2D eigenvalue weighted by Gasteiger charge is 2.43. The highest BCUT2D eigenvalue weighted by molar-refractivity contribution is 5.91. The van der Waals surface area contributed by atoms with Crippen LogP contribution in [-0.2, 0) is 104 Å². The molecule has 33 heteroatoms. The average Bonchev–Trinajstić information content (AvgIpc) is 0.881. The second-order valence-electron chi connectivity index (χ2n) is 21.3. The van der Waals surface area contributed by atoms with Crippen molar-refractivity contribution in [2.75, 3.05) is 138 Å². The van der Waals surface area contributed by atoms with E-state index in [9.17, 15) is 73.8 Å². The molecule has 522 valence electrons. The maximum absolute atomic E-state index is 14.2. The number of amides is 7. The third kappa shape index (κ3) is 33.2. The van der Waals surface area contributed by atoms with Crippen molar-refractivity contribution in [2.24, 2.45) is 0 Å². The van der Waals surface area contributed by atoms with E-state index in [-0.39, 0.29) is 144 Å². The van der Waals surface area contributed by atoms with Crippen molar-refractivity contribution in [3.8, 4) is 0 Å². The number of hydrogen-bond donors (Lipinski definition) is 12. The second-order valence-corrected chi connectivity index (χ2v) is 21.3. The molecule has 0 aliphatic carbocycles. The normalized spacial score (nSPS) is 21.0. The summed E-state index contributed by atoms with van der Waals surface area (Å²) in [6.07, 6.45) is -13.3. The Morgan fingerprint density at radius 2 is 0.710 bits per heavy atom. The van der Waals surface area contributed by atoms with Crippen LogP contribution in [0.4, 0.5) is 0 Å². The van der Waals surface area contributed by atoms with Crippen LogP contribution in [-0.4, -0.2) is 293 Å². The largest absolute Gasteiger partial charge is 0.461 e. The fraction of sp³-hybridized carbons (Fsp3) is 0.650. The molecule has 93 heavy (non-hydrogen) atoms. The molecule has 0 bridgehead atoms. The molecule has 0 saturated carbocycles. The van der Waals surface area contributed by atoms with Crippen molar-refractivity contribution in [2.45, 2.75) is 114 Å². The lowest BCUT2D eigenvalue weighted by atomic mass is 10.0. The number of ether oxygens (including phenoxy) is 10. The zero-order chi connectivity index (χ0) is 67.8. The first-order valence-electron chi connectivity index (χ1n) is 30.6. The molecule has 2 aromatic rings. The van der Waals surface area contributed by atoms with Gasteiger partial charge < -0.3 is 115 Å². The van der Waals surface area contributed by atoms with Gasteiger partial charge in [-0.25, -0.2) is 0 Å². The predicted octanol–water partition coefficient (Wildman–Crippen LogP) is -5.38. The number of nitrogens with zero attached hydrogens (tertiary/aromatic N) is 2. The smallest absolute Gasteiger partial charge is 0.306 e. The molecule has 0 aromatic heterocycles. The van der Waals surface area contributed by atoms with Crippen LogP contribution in [0.1, 0.15) is 50.7 Å². The number of aliphatic hydroxyl groups excluding tert-OH is 6. The molecular weight excluding hydrogens is 1230 g/mol. The minimum absolute atomic E-state index is 0.0126. The number of esters is 2. The molecule has 7 amide bonds. The summed E-state index contributed by atoms with van der Waals surface area (Å²) in [6, 6.07) is 18.1. The lowest BCUT2D eigenvalue weighted by molar-refractivity contribution is -0.294. The molecule has 2 aliphatic rings. The summed E-state index contributed by atoms with van der Waals surface area (Å²) in [4.78, 5) is 118. The maximum Gasteiger partial charge on any atom is 0.306 e. The van der Waals surface area contributed by atoms with Gasteiger partial charge in [-0.2, -0.15) is 0 Å². The van der Waals surface area contributed by atoms with Gasteiger partial charge in [0.05, 0.1) is 111 Å². The highest BCUT2D eigenvalue weighted by Crippen LogP contribution is 2.23. The van der Waals surface area contributed by atoms with E-state index in [1.165, 1.54) is 18.7 Å². The van der Waals surface area contributed by atoms with Crippen LogP contribution in [0.15, 0.2) is 60.7 Å². The molecule has 0 radical (unpaired) electrons. The van der Waals surface area contributed by atoms with E-state index in [0.29, 0.717) is 0 Å². The molecule has 0 spiro atoms. The Hall–Kier alpha value is -6.93. The number of rotatable bonds is 46. The number of nitrogens with one attached hydrogen (secondary N) is 6. The maximum atomic E-state index is 14.2. The van der Waals surface area contributed by atoms with Crippen LogP contribution in [0.5, 0.6) is 0 Å². The van der Waals surface area contributed by atoms with Crippen LogP contribution in [0, 0.1) is 0 Å². The summed E-state index contributed by atoms with van der Waals surface area (Å²) in [6.45, 7) is -0.366. The Bertz CT molecular complexity index is 2390. The third-order valence-electron chi connectivity index (χ3n) is 13.8. The van der Waals surface area contributed by atoms with Gasteiger partial charge in [-0.15, -0.1) is 0 Å². The molecular formula is C60H92N8O25. The van der Waals surface area contributed by atoms with Crippen molar-refractivity contribution in [1.82, 2.24) is 41.7 Å². The lowest BCUT2D eigenvalue weighted by Crippen LogP contribution is -2.57. The lowest BCUT2D eigenvalue weighted by Gasteiger charge is -2.38. The summed E-state index contributed by atoms with van der Waals surface area (Å²) < 4.78 is 54.1. The standard InChI is InChI=1S/C60H92N8O25/c1-40-53(78)55(80)57(82)59(92-40)88-31-29-86-27-21-65-48(73)35-68(36-49(74)66-22-28-87-30-32-89-60-58(83)56(81)54(79)41(2)93-60)50(75)37-67(33-46(71)63-19-25-84-23-17-61-44(69)13-15-51(76)90-38-42-9-5-3-6-10-42)34-47(72)64-20-26-85-24-18-62-45(70)14-16-52(77)91-39-43-11-7-4-8-12-43/h3-12,40-41,53-60,78-83H,13-39H2,1-2H3,(H,61,69)(H,62,70)(H,63,71)(H,64,72)(H,65,73)(H,66,74)/t40-,41-,53-,54-,55+,56+,57+,58+,59+,60+/m0/s1. The molecule has 10 atom stereocenters. The van der Waals surface area contributed by atoms with Crippen LogP contribution in [0.25, 0.3) is 0 Å². The Balaban J connectivity index is 1.28. The Labute approximate surface area is 538 Å². The van der Waals surface area contributed by atoms with Gasteiger partial charge in [-0.05, 0) is 25.0 Å². The highest BCUT2D eigenvalue weighted by atomic mass is 16.7. The zero-order valence-corrected chi connectivity index (χ0v) is 52.5. The minimum Gasteiger partial charge on any atom is -0.461 e. The third-order valence-corrected chi connectivity index (χ3v) is 13.8. The van der Waals surface area contributed by atoms with Gasteiger partial charge in [0.15, 0.2) is 12.6 Å². The van der Waals surface area contributed by atoms with Crippen molar-refractivity contribution in [1.29, 1.82) is 0 Å². The van der Waals surface area contributed by atoms with Crippen LogP contribution in [0.3, 0.4) is 0 Å². The molecule has 2 saturated heterocycles. The molecule has 2 fully saturated rings.